The van der Waals surface area contributed by atoms with Crippen LogP contribution in [0.25, 0.3) is 10.8 Å². The monoisotopic (exact) mass is 410 g/mol. The van der Waals surface area contributed by atoms with Gasteiger partial charge in [-0.2, -0.15) is 0 Å². The molecule has 0 unspecified atom stereocenters. The Bertz CT molecular complexity index is 1110. The van der Waals surface area contributed by atoms with Crippen molar-refractivity contribution in [3.8, 4) is 0 Å². The van der Waals surface area contributed by atoms with Gasteiger partial charge in [0.05, 0.1) is 5.02 Å². The first-order chi connectivity index (χ1) is 14.0. The average molecular weight is 411 g/mol. The van der Waals surface area contributed by atoms with Gasteiger partial charge < -0.3 is 5.32 Å². The Morgan fingerprint density at radius 3 is 2.28 bits per heavy atom. The minimum Gasteiger partial charge on any atom is -0.326 e. The fourth-order valence-corrected chi connectivity index (χ4v) is 3.66. The maximum absolute atomic E-state index is 13.2. The molecule has 0 saturated carbocycles. The van der Waals surface area contributed by atoms with Crippen LogP contribution in [0.3, 0.4) is 0 Å². The van der Waals surface area contributed by atoms with Crippen LogP contribution >= 0.6 is 11.6 Å². The predicted octanol–water partition coefficient (Wildman–Crippen LogP) is 4.65. The SMILES string of the molecule is O=C(CCCN1C(=O)c2cccc3cccc(c23)C1=O)Nc1ccc(F)c(Cl)c1. The molecule has 0 aliphatic carbocycles. The highest BCUT2D eigenvalue weighted by molar-refractivity contribution is 6.31. The number of hydrogen-bond donors (Lipinski definition) is 1. The second kappa shape index (κ2) is 7.64. The quantitative estimate of drug-likeness (QED) is 0.623. The van der Waals surface area contributed by atoms with Crippen molar-refractivity contribution in [3.05, 3.63) is 76.6 Å². The van der Waals surface area contributed by atoms with Crippen molar-refractivity contribution in [2.24, 2.45) is 0 Å². The van der Waals surface area contributed by atoms with E-state index >= 15 is 0 Å². The molecule has 0 aromatic heterocycles. The van der Waals surface area contributed by atoms with Crippen molar-refractivity contribution < 1.29 is 18.8 Å². The van der Waals surface area contributed by atoms with Crippen LogP contribution in [0.4, 0.5) is 10.1 Å². The number of carbonyl (C=O) groups is 3. The minimum absolute atomic E-state index is 0.0832. The highest BCUT2D eigenvalue weighted by Crippen LogP contribution is 2.30. The maximum atomic E-state index is 13.2. The number of rotatable bonds is 5. The van der Waals surface area contributed by atoms with Crippen LogP contribution in [-0.4, -0.2) is 29.2 Å². The number of anilines is 1. The van der Waals surface area contributed by atoms with E-state index in [0.717, 1.165) is 5.39 Å². The Labute approximate surface area is 171 Å². The van der Waals surface area contributed by atoms with Gasteiger partial charge in [-0.05, 0) is 42.1 Å². The zero-order chi connectivity index (χ0) is 20.5. The molecule has 0 fully saturated rings. The first kappa shape index (κ1) is 19.1. The van der Waals surface area contributed by atoms with E-state index in [1.807, 2.05) is 12.1 Å². The van der Waals surface area contributed by atoms with Crippen molar-refractivity contribution in [2.45, 2.75) is 12.8 Å². The highest BCUT2D eigenvalue weighted by atomic mass is 35.5. The van der Waals surface area contributed by atoms with Crippen LogP contribution in [0.2, 0.25) is 5.02 Å². The molecule has 1 N–H and O–H groups in total. The molecule has 5 nitrogen and oxygen atoms in total. The Balaban J connectivity index is 1.42. The summed E-state index contributed by atoms with van der Waals surface area (Å²) in [5, 5.41) is 4.06. The van der Waals surface area contributed by atoms with E-state index < -0.39 is 5.82 Å². The summed E-state index contributed by atoms with van der Waals surface area (Å²) in [6, 6.07) is 14.6. The summed E-state index contributed by atoms with van der Waals surface area (Å²) < 4.78 is 13.2. The summed E-state index contributed by atoms with van der Waals surface area (Å²) in [6.45, 7) is 0.125. The van der Waals surface area contributed by atoms with Crippen molar-refractivity contribution >= 4 is 45.8 Å². The molecule has 3 aromatic carbocycles. The molecular formula is C22H16ClFN2O3. The number of nitrogens with zero attached hydrogens (tertiary/aromatic N) is 1. The molecule has 0 atom stereocenters. The molecule has 0 saturated heterocycles. The van der Waals surface area contributed by atoms with Gasteiger partial charge in [-0.15, -0.1) is 0 Å². The summed E-state index contributed by atoms with van der Waals surface area (Å²) in [7, 11) is 0. The predicted molar refractivity (Wildman–Crippen MR) is 109 cm³/mol. The fourth-order valence-electron chi connectivity index (χ4n) is 3.48. The van der Waals surface area contributed by atoms with Crippen LogP contribution in [0, 0.1) is 5.82 Å². The van der Waals surface area contributed by atoms with Gasteiger partial charge in [-0.3, -0.25) is 19.3 Å². The third-order valence-corrected chi connectivity index (χ3v) is 5.13. The van der Waals surface area contributed by atoms with Gasteiger partial charge >= 0.3 is 0 Å². The lowest BCUT2D eigenvalue weighted by Gasteiger charge is -2.27. The second-order valence-corrected chi connectivity index (χ2v) is 7.16. The molecule has 1 aliphatic heterocycles. The highest BCUT2D eigenvalue weighted by Gasteiger charge is 2.32. The van der Waals surface area contributed by atoms with Gasteiger partial charge in [-0.1, -0.05) is 35.9 Å². The molecule has 146 valence electrons. The van der Waals surface area contributed by atoms with E-state index in [-0.39, 0.29) is 35.7 Å². The summed E-state index contributed by atoms with van der Waals surface area (Å²) >= 11 is 5.70. The third-order valence-electron chi connectivity index (χ3n) is 4.84. The van der Waals surface area contributed by atoms with Gasteiger partial charge in [0.15, 0.2) is 0 Å². The van der Waals surface area contributed by atoms with Crippen LogP contribution in [-0.2, 0) is 4.79 Å². The van der Waals surface area contributed by atoms with Crippen molar-refractivity contribution in [1.82, 2.24) is 4.90 Å². The van der Waals surface area contributed by atoms with Crippen molar-refractivity contribution in [3.63, 3.8) is 0 Å². The minimum atomic E-state index is -0.568. The first-order valence-corrected chi connectivity index (χ1v) is 9.46. The first-order valence-electron chi connectivity index (χ1n) is 9.08. The summed E-state index contributed by atoms with van der Waals surface area (Å²) in [5.74, 6) is -1.59. The van der Waals surface area contributed by atoms with E-state index in [9.17, 15) is 18.8 Å². The number of amides is 3. The molecule has 0 spiro atoms. The van der Waals surface area contributed by atoms with E-state index in [0.29, 0.717) is 28.6 Å². The third kappa shape index (κ3) is 3.59. The number of hydrogen-bond acceptors (Lipinski definition) is 3. The number of carbonyl (C=O) groups excluding carboxylic acids is 3. The molecule has 3 amide bonds. The summed E-state index contributed by atoms with van der Waals surface area (Å²) in [5.41, 5.74) is 1.36. The van der Waals surface area contributed by atoms with Gasteiger partial charge in [0, 0.05) is 35.2 Å². The molecule has 1 heterocycles. The number of halogens is 2. The molecule has 4 rings (SSSR count). The Morgan fingerprint density at radius 1 is 1.00 bits per heavy atom. The maximum Gasteiger partial charge on any atom is 0.261 e. The molecule has 7 heteroatoms. The number of imide groups is 1. The lowest BCUT2D eigenvalue weighted by atomic mass is 9.94. The molecule has 29 heavy (non-hydrogen) atoms. The largest absolute Gasteiger partial charge is 0.326 e. The summed E-state index contributed by atoms with van der Waals surface area (Å²) in [6.07, 6.45) is 0.397. The Kier molecular flexibility index (Phi) is 5.03. The van der Waals surface area contributed by atoms with Crippen molar-refractivity contribution in [2.75, 3.05) is 11.9 Å². The van der Waals surface area contributed by atoms with Gasteiger partial charge in [-0.25, -0.2) is 4.39 Å². The number of benzene rings is 3. The standard InChI is InChI=1S/C22H16ClFN2O3/c23-17-12-14(9-10-18(17)24)25-19(27)8-3-11-26-21(28)15-6-1-4-13-5-2-7-16(20(13)15)22(26)29/h1-2,4-7,9-10,12H,3,8,11H2,(H,25,27). The van der Waals surface area contributed by atoms with E-state index in [1.54, 1.807) is 24.3 Å². The van der Waals surface area contributed by atoms with Gasteiger partial charge in [0.1, 0.15) is 5.82 Å². The Morgan fingerprint density at radius 2 is 1.66 bits per heavy atom. The second-order valence-electron chi connectivity index (χ2n) is 6.75. The topological polar surface area (TPSA) is 66.5 Å². The molecular weight excluding hydrogens is 395 g/mol. The van der Waals surface area contributed by atoms with E-state index in [1.165, 1.54) is 23.1 Å². The summed E-state index contributed by atoms with van der Waals surface area (Å²) in [4.78, 5) is 38.9. The lowest BCUT2D eigenvalue weighted by Crippen LogP contribution is -2.41. The van der Waals surface area contributed by atoms with Crippen LogP contribution in [0.5, 0.6) is 0 Å². The Hall–Kier alpha value is -3.25. The number of nitrogens with one attached hydrogen (secondary N) is 1. The average Bonchev–Trinajstić information content (AvgIpc) is 2.71. The molecule has 1 aliphatic rings. The van der Waals surface area contributed by atoms with E-state index in [2.05, 4.69) is 5.32 Å². The van der Waals surface area contributed by atoms with Crippen LogP contribution < -0.4 is 5.32 Å². The van der Waals surface area contributed by atoms with Gasteiger partial charge in [0.25, 0.3) is 11.8 Å². The van der Waals surface area contributed by atoms with Crippen molar-refractivity contribution in [1.29, 1.82) is 0 Å². The van der Waals surface area contributed by atoms with E-state index in [4.69, 9.17) is 11.6 Å². The molecule has 3 aromatic rings. The van der Waals surface area contributed by atoms with Crippen LogP contribution in [0.1, 0.15) is 33.6 Å². The molecule has 0 radical (unpaired) electrons. The zero-order valence-corrected chi connectivity index (χ0v) is 16.0. The molecule has 0 bridgehead atoms. The lowest BCUT2D eigenvalue weighted by molar-refractivity contribution is -0.116. The fraction of sp³-hybridized carbons (Fsp3) is 0.136. The normalized spacial score (nSPS) is 13.1. The smallest absolute Gasteiger partial charge is 0.261 e. The van der Waals surface area contributed by atoms with Gasteiger partial charge in [0.2, 0.25) is 5.91 Å². The zero-order valence-electron chi connectivity index (χ0n) is 15.2. The van der Waals surface area contributed by atoms with Crippen LogP contribution in [0.15, 0.2) is 54.6 Å².